The van der Waals surface area contributed by atoms with E-state index >= 15 is 0 Å². The summed E-state index contributed by atoms with van der Waals surface area (Å²) in [4.78, 5) is 34.5. The van der Waals surface area contributed by atoms with Gasteiger partial charge in [-0.25, -0.2) is 4.39 Å². The number of carbonyl (C=O) groups excluding carboxylic acids is 2. The van der Waals surface area contributed by atoms with Crippen molar-refractivity contribution in [1.29, 1.82) is 0 Å². The van der Waals surface area contributed by atoms with Crippen LogP contribution in [-0.2, 0) is 14.3 Å². The van der Waals surface area contributed by atoms with Crippen molar-refractivity contribution in [2.45, 2.75) is 82.5 Å². The van der Waals surface area contributed by atoms with Gasteiger partial charge in [-0.1, -0.05) is 26.7 Å². The average Bonchev–Trinajstić information content (AvgIpc) is 3.66. The number of ether oxygens (including phenoxy) is 1. The largest absolute Gasteiger partial charge is 0.382 e. The zero-order valence-corrected chi connectivity index (χ0v) is 21.6. The number of amides is 2. The van der Waals surface area contributed by atoms with Gasteiger partial charge in [0.25, 0.3) is 0 Å². The van der Waals surface area contributed by atoms with Crippen molar-refractivity contribution in [3.05, 3.63) is 35.8 Å². The first-order valence-corrected chi connectivity index (χ1v) is 13.5. The molecular formula is C28H39FN4O3. The third kappa shape index (κ3) is 4.54. The highest BCUT2D eigenvalue weighted by Crippen LogP contribution is 2.45. The Bertz CT molecular complexity index is 1100. The zero-order valence-electron chi connectivity index (χ0n) is 21.6. The molecule has 5 rings (SSSR count). The lowest BCUT2D eigenvalue weighted by atomic mass is 9.91. The smallest absolute Gasteiger partial charge is 0.247 e. The number of aromatic amines is 1. The second-order valence-corrected chi connectivity index (χ2v) is 10.9. The number of benzene rings is 1. The molecule has 2 N–H and O–H groups in total. The Morgan fingerprint density at radius 3 is 2.75 bits per heavy atom. The molecule has 0 spiro atoms. The van der Waals surface area contributed by atoms with Crippen LogP contribution in [-0.4, -0.2) is 77.6 Å². The summed E-state index contributed by atoms with van der Waals surface area (Å²) in [5.41, 5.74) is 1.93. The van der Waals surface area contributed by atoms with E-state index in [1.54, 1.807) is 7.11 Å². The van der Waals surface area contributed by atoms with E-state index in [2.05, 4.69) is 15.2 Å². The molecule has 0 unspecified atom stereocenters. The summed E-state index contributed by atoms with van der Waals surface area (Å²) in [6.45, 7) is 5.56. The van der Waals surface area contributed by atoms with Crippen LogP contribution in [0.15, 0.2) is 24.4 Å². The third-order valence-corrected chi connectivity index (χ3v) is 8.83. The number of aromatic nitrogens is 1. The number of hydrogen-bond acceptors (Lipinski definition) is 4. The molecule has 7 nitrogen and oxygen atoms in total. The predicted molar refractivity (Wildman–Crippen MR) is 137 cm³/mol. The summed E-state index contributed by atoms with van der Waals surface area (Å²) in [7, 11) is 1.56. The molecule has 36 heavy (non-hydrogen) atoms. The highest BCUT2D eigenvalue weighted by atomic mass is 19.1. The van der Waals surface area contributed by atoms with Crippen LogP contribution in [0.1, 0.15) is 63.9 Å². The summed E-state index contributed by atoms with van der Waals surface area (Å²) in [5.74, 6) is -0.477. The summed E-state index contributed by atoms with van der Waals surface area (Å²) in [5, 5.41) is 3.98. The van der Waals surface area contributed by atoms with Crippen molar-refractivity contribution in [1.82, 2.24) is 20.1 Å². The standard InChI is InChI=1S/C28H39FN4O3/c1-4-17(2)27(34)31-24(16-36-3)28(35)32-12-11-25-26(32)22(15-33(25)19-7-5-6-8-19)21-14-30-23-13-18(29)9-10-20(21)23/h9-10,13-14,17,19,22,24-26,30H,4-8,11-12,15-16H2,1-3H3,(H,31,34)/t17-,22-,24+,25-,26-/m1/s1. The first-order chi connectivity index (χ1) is 17.4. The fourth-order valence-corrected chi connectivity index (χ4v) is 6.78. The molecule has 196 valence electrons. The van der Waals surface area contributed by atoms with Gasteiger partial charge in [0, 0.05) is 61.2 Å². The number of nitrogens with zero attached hydrogens (tertiary/aromatic N) is 2. The lowest BCUT2D eigenvalue weighted by Gasteiger charge is -2.32. The SMILES string of the molecule is CC[C@@H](C)C(=O)N[C@@H](COC)C(=O)N1CC[C@@H]2[C@H]1[C@@H](c1c[nH]c3cc(F)ccc13)CN2C1CCCC1. The molecule has 5 atom stereocenters. The molecule has 3 heterocycles. The van der Waals surface area contributed by atoms with Crippen molar-refractivity contribution >= 4 is 22.7 Å². The van der Waals surface area contributed by atoms with Gasteiger partial charge in [-0.05, 0) is 49.4 Å². The average molecular weight is 499 g/mol. The Kier molecular flexibility index (Phi) is 7.35. The van der Waals surface area contributed by atoms with E-state index in [1.807, 2.05) is 31.0 Å². The highest BCUT2D eigenvalue weighted by molar-refractivity contribution is 5.89. The Hall–Kier alpha value is -2.45. The van der Waals surface area contributed by atoms with Crippen LogP contribution in [0.25, 0.3) is 10.9 Å². The Morgan fingerprint density at radius 1 is 1.25 bits per heavy atom. The van der Waals surface area contributed by atoms with Crippen LogP contribution in [0.4, 0.5) is 4.39 Å². The molecule has 2 amide bonds. The maximum Gasteiger partial charge on any atom is 0.247 e. The second-order valence-electron chi connectivity index (χ2n) is 10.9. The fourth-order valence-electron chi connectivity index (χ4n) is 6.78. The van der Waals surface area contributed by atoms with Crippen LogP contribution < -0.4 is 5.32 Å². The highest BCUT2D eigenvalue weighted by Gasteiger charge is 2.53. The Labute approximate surface area is 212 Å². The number of hydrogen-bond donors (Lipinski definition) is 2. The minimum atomic E-state index is -0.700. The van der Waals surface area contributed by atoms with E-state index in [0.717, 1.165) is 29.4 Å². The van der Waals surface area contributed by atoms with E-state index in [-0.39, 0.29) is 42.1 Å². The molecule has 3 aliphatic rings. The van der Waals surface area contributed by atoms with E-state index in [9.17, 15) is 14.0 Å². The van der Waals surface area contributed by atoms with Gasteiger partial charge in [0.2, 0.25) is 11.8 Å². The normalized spacial score (nSPS) is 26.4. The summed E-state index contributed by atoms with van der Waals surface area (Å²) >= 11 is 0. The number of likely N-dealkylation sites (tertiary alicyclic amines) is 2. The van der Waals surface area contributed by atoms with Crippen LogP contribution in [0.5, 0.6) is 0 Å². The third-order valence-electron chi connectivity index (χ3n) is 8.83. The molecule has 2 aromatic rings. The predicted octanol–water partition coefficient (Wildman–Crippen LogP) is 3.80. The molecule has 2 saturated heterocycles. The second kappa shape index (κ2) is 10.5. The van der Waals surface area contributed by atoms with E-state index in [4.69, 9.17) is 4.74 Å². The first-order valence-electron chi connectivity index (χ1n) is 13.5. The van der Waals surface area contributed by atoms with Crippen molar-refractivity contribution in [2.75, 3.05) is 26.8 Å². The van der Waals surface area contributed by atoms with Crippen molar-refractivity contribution in [2.24, 2.45) is 5.92 Å². The topological polar surface area (TPSA) is 77.7 Å². The van der Waals surface area contributed by atoms with Gasteiger partial charge in [-0.15, -0.1) is 0 Å². The first kappa shape index (κ1) is 25.2. The molecular weight excluding hydrogens is 459 g/mol. The van der Waals surface area contributed by atoms with Gasteiger partial charge in [0.15, 0.2) is 0 Å². The number of carbonyl (C=O) groups is 2. The van der Waals surface area contributed by atoms with E-state index < -0.39 is 6.04 Å². The van der Waals surface area contributed by atoms with Crippen molar-refractivity contribution in [3.8, 4) is 0 Å². The number of halogens is 1. The lowest BCUT2D eigenvalue weighted by molar-refractivity contribution is -0.139. The van der Waals surface area contributed by atoms with Crippen molar-refractivity contribution < 1.29 is 18.7 Å². The van der Waals surface area contributed by atoms with Gasteiger partial charge >= 0.3 is 0 Å². The van der Waals surface area contributed by atoms with Gasteiger partial charge in [-0.2, -0.15) is 0 Å². The quantitative estimate of drug-likeness (QED) is 0.581. The van der Waals surface area contributed by atoms with Crippen LogP contribution >= 0.6 is 0 Å². The minimum absolute atomic E-state index is 0.0157. The molecule has 3 fully saturated rings. The number of H-pyrrole nitrogens is 1. The van der Waals surface area contributed by atoms with Crippen molar-refractivity contribution in [3.63, 3.8) is 0 Å². The molecule has 0 bridgehead atoms. The molecule has 1 aromatic heterocycles. The van der Waals surface area contributed by atoms with Crippen LogP contribution in [0, 0.1) is 11.7 Å². The summed E-state index contributed by atoms with van der Waals surface area (Å²) in [6, 6.07) is 5.07. The number of methoxy groups -OCH3 is 1. The Balaban J connectivity index is 1.46. The van der Waals surface area contributed by atoms with Gasteiger partial charge in [0.05, 0.1) is 12.6 Å². The molecule has 1 saturated carbocycles. The number of rotatable bonds is 8. The van der Waals surface area contributed by atoms with E-state index in [0.29, 0.717) is 25.0 Å². The molecule has 1 aliphatic carbocycles. The molecule has 1 aromatic carbocycles. The number of nitrogens with one attached hydrogen (secondary N) is 2. The fraction of sp³-hybridized carbons (Fsp3) is 0.643. The molecule has 8 heteroatoms. The minimum Gasteiger partial charge on any atom is -0.382 e. The zero-order chi connectivity index (χ0) is 25.4. The van der Waals surface area contributed by atoms with Crippen LogP contribution in [0.2, 0.25) is 0 Å². The van der Waals surface area contributed by atoms with Gasteiger partial charge in [0.1, 0.15) is 11.9 Å². The lowest BCUT2D eigenvalue weighted by Crippen LogP contribution is -2.54. The van der Waals surface area contributed by atoms with Gasteiger partial charge in [-0.3, -0.25) is 14.5 Å². The van der Waals surface area contributed by atoms with Crippen LogP contribution in [0.3, 0.4) is 0 Å². The van der Waals surface area contributed by atoms with E-state index in [1.165, 1.54) is 37.8 Å². The summed E-state index contributed by atoms with van der Waals surface area (Å²) in [6.07, 6.45) is 8.58. The van der Waals surface area contributed by atoms with Gasteiger partial charge < -0.3 is 19.9 Å². The monoisotopic (exact) mass is 498 g/mol. The maximum atomic E-state index is 13.9. The summed E-state index contributed by atoms with van der Waals surface area (Å²) < 4.78 is 19.3. The molecule has 0 radical (unpaired) electrons. The molecule has 2 aliphatic heterocycles. The maximum absolute atomic E-state index is 13.9. The number of fused-ring (bicyclic) bond motifs is 2. The Morgan fingerprint density at radius 2 is 2.03 bits per heavy atom.